The van der Waals surface area contributed by atoms with Crippen molar-refractivity contribution in [2.45, 2.75) is 18.8 Å². The molecule has 0 aliphatic rings. The predicted octanol–water partition coefficient (Wildman–Crippen LogP) is 3.83. The average Bonchev–Trinajstić information content (AvgIpc) is 2.45. The van der Waals surface area contributed by atoms with Gasteiger partial charge in [-0.25, -0.2) is 8.78 Å². The van der Waals surface area contributed by atoms with E-state index in [1.807, 2.05) is 18.2 Å². The van der Waals surface area contributed by atoms with Gasteiger partial charge in [-0.3, -0.25) is 4.79 Å². The van der Waals surface area contributed by atoms with Crippen LogP contribution in [0.5, 0.6) is 0 Å². The van der Waals surface area contributed by atoms with Crippen LogP contribution in [0.1, 0.15) is 5.56 Å². The first kappa shape index (κ1) is 15.3. The first-order valence-corrected chi connectivity index (χ1v) is 6.18. The molecule has 0 fully saturated rings. The molecular formula is C15H12F4O2. The molecule has 0 unspecified atom stereocenters. The van der Waals surface area contributed by atoms with Crippen molar-refractivity contribution in [3.05, 3.63) is 48.0 Å². The van der Waals surface area contributed by atoms with Crippen molar-refractivity contribution < 1.29 is 27.1 Å². The van der Waals surface area contributed by atoms with Gasteiger partial charge in [0.25, 0.3) is 0 Å². The summed E-state index contributed by atoms with van der Waals surface area (Å²) in [6.07, 6.45) is -4.11. The summed E-state index contributed by atoms with van der Waals surface area (Å²) in [6.45, 7) is -1.62. The second-order valence-corrected chi connectivity index (χ2v) is 4.54. The van der Waals surface area contributed by atoms with E-state index < -0.39 is 24.9 Å². The Labute approximate surface area is 118 Å². The number of ether oxygens (including phenoxy) is 1. The van der Waals surface area contributed by atoms with Gasteiger partial charge in [0.1, 0.15) is 0 Å². The number of fused-ring (bicyclic) bond motifs is 1. The Bertz CT molecular complexity index is 635. The van der Waals surface area contributed by atoms with Crippen LogP contribution in [-0.4, -0.2) is 24.9 Å². The number of alkyl halides is 4. The van der Waals surface area contributed by atoms with Crippen LogP contribution in [0.3, 0.4) is 0 Å². The van der Waals surface area contributed by atoms with Gasteiger partial charge >= 0.3 is 18.3 Å². The van der Waals surface area contributed by atoms with Crippen LogP contribution in [0.4, 0.5) is 17.6 Å². The highest BCUT2D eigenvalue weighted by molar-refractivity contribution is 5.88. The molecule has 0 aromatic heterocycles. The first-order valence-electron chi connectivity index (χ1n) is 6.18. The Kier molecular flexibility index (Phi) is 4.45. The molecule has 112 valence electrons. The normalized spacial score (nSPS) is 11.9. The summed E-state index contributed by atoms with van der Waals surface area (Å²) < 4.78 is 53.5. The lowest BCUT2D eigenvalue weighted by Crippen LogP contribution is -2.33. The van der Waals surface area contributed by atoms with Crippen molar-refractivity contribution in [3.8, 4) is 0 Å². The monoisotopic (exact) mass is 300 g/mol. The number of carbonyl (C=O) groups is 1. The molecule has 0 atom stereocenters. The molecule has 0 aliphatic carbocycles. The number of rotatable bonds is 5. The van der Waals surface area contributed by atoms with E-state index in [1.165, 1.54) is 0 Å². The van der Waals surface area contributed by atoms with Crippen LogP contribution in [-0.2, 0) is 16.0 Å². The molecule has 0 radical (unpaired) electrons. The van der Waals surface area contributed by atoms with E-state index in [4.69, 9.17) is 0 Å². The molecule has 0 spiro atoms. The van der Waals surface area contributed by atoms with E-state index in [-0.39, 0.29) is 6.42 Å². The number of carbonyl (C=O) groups excluding carboxylic acids is 1. The minimum absolute atomic E-state index is 0.249. The zero-order valence-corrected chi connectivity index (χ0v) is 10.9. The minimum atomic E-state index is -4.32. The second-order valence-electron chi connectivity index (χ2n) is 4.54. The van der Waals surface area contributed by atoms with E-state index in [0.29, 0.717) is 5.56 Å². The summed E-state index contributed by atoms with van der Waals surface area (Å²) in [5.74, 6) is -5.29. The molecule has 2 aromatic carbocycles. The van der Waals surface area contributed by atoms with E-state index >= 15 is 0 Å². The third-order valence-electron chi connectivity index (χ3n) is 2.96. The quantitative estimate of drug-likeness (QED) is 0.620. The summed E-state index contributed by atoms with van der Waals surface area (Å²) in [6, 6.07) is 12.5. The highest BCUT2D eigenvalue weighted by Gasteiger charge is 2.42. The number of esters is 1. The Morgan fingerprint density at radius 1 is 1.10 bits per heavy atom. The van der Waals surface area contributed by atoms with Crippen molar-refractivity contribution in [1.82, 2.24) is 0 Å². The molecular weight excluding hydrogens is 288 g/mol. The fourth-order valence-corrected chi connectivity index (χ4v) is 1.89. The topological polar surface area (TPSA) is 26.3 Å². The van der Waals surface area contributed by atoms with Crippen molar-refractivity contribution in [3.63, 3.8) is 0 Å². The third-order valence-corrected chi connectivity index (χ3v) is 2.96. The summed E-state index contributed by atoms with van der Waals surface area (Å²) >= 11 is 0. The molecule has 21 heavy (non-hydrogen) atoms. The van der Waals surface area contributed by atoms with Gasteiger partial charge in [0, 0.05) is 0 Å². The number of hydrogen-bond donors (Lipinski definition) is 0. The minimum Gasteiger partial charge on any atom is -0.459 e. The Hall–Kier alpha value is -2.11. The lowest BCUT2D eigenvalue weighted by atomic mass is 10.0. The van der Waals surface area contributed by atoms with Gasteiger partial charge in [0.05, 0.1) is 6.42 Å². The fourth-order valence-electron chi connectivity index (χ4n) is 1.89. The molecule has 0 heterocycles. The smallest absolute Gasteiger partial charge is 0.340 e. The predicted molar refractivity (Wildman–Crippen MR) is 69.6 cm³/mol. The molecule has 6 heteroatoms. The number of halogens is 4. The second kappa shape index (κ2) is 6.11. The summed E-state index contributed by atoms with van der Waals surface area (Å²) in [7, 11) is 0. The largest absolute Gasteiger partial charge is 0.459 e. The fraction of sp³-hybridized carbons (Fsp3) is 0.267. The SMILES string of the molecule is O=C(Cc1cccc2ccccc12)OCC(F)(F)C(F)F. The van der Waals surface area contributed by atoms with Gasteiger partial charge in [0.2, 0.25) is 0 Å². The van der Waals surface area contributed by atoms with Crippen LogP contribution < -0.4 is 0 Å². The van der Waals surface area contributed by atoms with E-state index in [1.54, 1.807) is 24.3 Å². The van der Waals surface area contributed by atoms with Crippen molar-refractivity contribution in [2.75, 3.05) is 6.61 Å². The number of hydrogen-bond acceptors (Lipinski definition) is 2. The summed E-state index contributed by atoms with van der Waals surface area (Å²) in [5.41, 5.74) is 0.596. The van der Waals surface area contributed by atoms with E-state index in [9.17, 15) is 22.4 Å². The van der Waals surface area contributed by atoms with Gasteiger partial charge in [-0.1, -0.05) is 42.5 Å². The van der Waals surface area contributed by atoms with Gasteiger partial charge in [-0.2, -0.15) is 8.78 Å². The molecule has 0 bridgehead atoms. The molecule has 2 rings (SSSR count). The van der Waals surface area contributed by atoms with Crippen LogP contribution in [0.15, 0.2) is 42.5 Å². The molecule has 0 N–H and O–H groups in total. The van der Waals surface area contributed by atoms with Gasteiger partial charge in [-0.05, 0) is 16.3 Å². The number of benzene rings is 2. The highest BCUT2D eigenvalue weighted by Crippen LogP contribution is 2.23. The van der Waals surface area contributed by atoms with E-state index in [2.05, 4.69) is 4.74 Å². The molecule has 0 aliphatic heterocycles. The Morgan fingerprint density at radius 2 is 1.76 bits per heavy atom. The molecule has 0 amide bonds. The van der Waals surface area contributed by atoms with Crippen molar-refractivity contribution in [2.24, 2.45) is 0 Å². The molecule has 2 aromatic rings. The Balaban J connectivity index is 2.05. The lowest BCUT2D eigenvalue weighted by Gasteiger charge is -2.15. The van der Waals surface area contributed by atoms with Crippen molar-refractivity contribution >= 4 is 16.7 Å². The lowest BCUT2D eigenvalue weighted by molar-refractivity contribution is -0.179. The maximum Gasteiger partial charge on any atom is 0.340 e. The molecule has 0 saturated carbocycles. The zero-order chi connectivity index (χ0) is 15.5. The summed E-state index contributed by atoms with van der Waals surface area (Å²) in [5, 5.41) is 1.68. The maximum atomic E-state index is 12.7. The van der Waals surface area contributed by atoms with Crippen LogP contribution in [0.25, 0.3) is 10.8 Å². The first-order chi connectivity index (χ1) is 9.90. The molecule has 2 nitrogen and oxygen atoms in total. The van der Waals surface area contributed by atoms with Gasteiger partial charge in [-0.15, -0.1) is 0 Å². The van der Waals surface area contributed by atoms with Crippen LogP contribution >= 0.6 is 0 Å². The third kappa shape index (κ3) is 3.71. The summed E-state index contributed by atoms with van der Waals surface area (Å²) in [4.78, 5) is 11.5. The zero-order valence-electron chi connectivity index (χ0n) is 10.9. The van der Waals surface area contributed by atoms with Gasteiger partial charge in [0.15, 0.2) is 6.61 Å². The van der Waals surface area contributed by atoms with Crippen LogP contribution in [0.2, 0.25) is 0 Å². The van der Waals surface area contributed by atoms with Crippen LogP contribution in [0, 0.1) is 0 Å². The standard InChI is InChI=1S/C15H12F4O2/c16-14(17)15(18,19)9-21-13(20)8-11-6-3-5-10-4-1-2-7-12(10)11/h1-7,14H,8-9H2. The van der Waals surface area contributed by atoms with Crippen molar-refractivity contribution in [1.29, 1.82) is 0 Å². The Morgan fingerprint density at radius 3 is 2.48 bits per heavy atom. The van der Waals surface area contributed by atoms with E-state index in [0.717, 1.165) is 10.8 Å². The average molecular weight is 300 g/mol. The highest BCUT2D eigenvalue weighted by atomic mass is 19.3. The van der Waals surface area contributed by atoms with Gasteiger partial charge < -0.3 is 4.74 Å². The molecule has 0 saturated heterocycles. The maximum absolute atomic E-state index is 12.7.